The van der Waals surface area contributed by atoms with Crippen LogP contribution in [0.15, 0.2) is 30.3 Å². The molecule has 0 atom stereocenters. The van der Waals surface area contributed by atoms with Gasteiger partial charge in [0.15, 0.2) is 0 Å². The highest BCUT2D eigenvalue weighted by atomic mass is 16.4. The number of aliphatic carboxylic acids is 1. The summed E-state index contributed by atoms with van der Waals surface area (Å²) < 4.78 is 0. The second kappa shape index (κ2) is 4.97. The van der Waals surface area contributed by atoms with E-state index in [0.717, 1.165) is 23.5 Å². The van der Waals surface area contributed by atoms with Gasteiger partial charge in [0, 0.05) is 12.5 Å². The number of aldehydes is 1. The number of benzene rings is 1. The fraction of sp³-hybridized carbons (Fsp3) is 0.0909. The molecule has 1 aromatic rings. The number of carboxylic acid groups (broad SMARTS) is 1. The van der Waals surface area contributed by atoms with E-state index in [9.17, 15) is 9.59 Å². The Labute approximate surface area is 81.7 Å². The highest BCUT2D eigenvalue weighted by Crippen LogP contribution is 2.05. The molecule has 72 valence electrons. The van der Waals surface area contributed by atoms with Crippen molar-refractivity contribution in [1.29, 1.82) is 0 Å². The van der Waals surface area contributed by atoms with Crippen molar-refractivity contribution in [1.82, 2.24) is 0 Å². The van der Waals surface area contributed by atoms with Crippen molar-refractivity contribution in [3.63, 3.8) is 0 Å². The summed E-state index contributed by atoms with van der Waals surface area (Å²) in [5.41, 5.74) is 1.73. The molecule has 0 radical (unpaired) electrons. The molecule has 3 nitrogen and oxygen atoms in total. The third-order valence-corrected chi connectivity index (χ3v) is 1.72. The molecule has 0 aromatic heterocycles. The lowest BCUT2D eigenvalue weighted by Crippen LogP contribution is -1.87. The second-order valence-corrected chi connectivity index (χ2v) is 2.78. The van der Waals surface area contributed by atoms with Crippen molar-refractivity contribution >= 4 is 18.3 Å². The summed E-state index contributed by atoms with van der Waals surface area (Å²) in [7, 11) is 0. The summed E-state index contributed by atoms with van der Waals surface area (Å²) in [5, 5.41) is 8.38. The second-order valence-electron chi connectivity index (χ2n) is 2.78. The van der Waals surface area contributed by atoms with E-state index in [2.05, 4.69) is 0 Å². The molecular weight excluding hydrogens is 180 g/mol. The zero-order valence-corrected chi connectivity index (χ0v) is 7.51. The van der Waals surface area contributed by atoms with Gasteiger partial charge in [-0.15, -0.1) is 0 Å². The molecule has 1 aromatic carbocycles. The number of hydrogen-bond donors (Lipinski definition) is 1. The minimum atomic E-state index is -0.970. The van der Waals surface area contributed by atoms with E-state index < -0.39 is 5.97 Å². The number of hydrogen-bond acceptors (Lipinski definition) is 2. The minimum absolute atomic E-state index is 0.392. The lowest BCUT2D eigenvalue weighted by molar-refractivity contribution is -0.131. The van der Waals surface area contributed by atoms with Crippen LogP contribution < -0.4 is 0 Å². The highest BCUT2D eigenvalue weighted by molar-refractivity contribution is 5.85. The van der Waals surface area contributed by atoms with E-state index in [-0.39, 0.29) is 0 Å². The van der Waals surface area contributed by atoms with E-state index in [0.29, 0.717) is 6.42 Å². The van der Waals surface area contributed by atoms with Gasteiger partial charge in [0.05, 0.1) is 0 Å². The van der Waals surface area contributed by atoms with Crippen molar-refractivity contribution < 1.29 is 14.7 Å². The fourth-order valence-electron chi connectivity index (χ4n) is 1.03. The van der Waals surface area contributed by atoms with Crippen LogP contribution >= 0.6 is 0 Å². The third kappa shape index (κ3) is 3.23. The number of rotatable bonds is 4. The molecule has 3 heteroatoms. The Morgan fingerprint density at radius 2 is 1.93 bits per heavy atom. The molecular formula is C11H10O3. The monoisotopic (exact) mass is 190 g/mol. The molecule has 0 aliphatic heterocycles. The summed E-state index contributed by atoms with van der Waals surface area (Å²) in [6, 6.07) is 7.16. The van der Waals surface area contributed by atoms with Crippen LogP contribution in [0.3, 0.4) is 0 Å². The van der Waals surface area contributed by atoms with Crippen LogP contribution in [0, 0.1) is 0 Å². The first-order valence-electron chi connectivity index (χ1n) is 4.16. The van der Waals surface area contributed by atoms with Gasteiger partial charge < -0.3 is 9.90 Å². The van der Waals surface area contributed by atoms with Crippen LogP contribution in [0.2, 0.25) is 0 Å². The van der Waals surface area contributed by atoms with Gasteiger partial charge in [-0.25, -0.2) is 4.79 Å². The molecule has 0 spiro atoms. The molecule has 0 unspecified atom stereocenters. The van der Waals surface area contributed by atoms with Crippen molar-refractivity contribution in [2.24, 2.45) is 0 Å². The maximum absolute atomic E-state index is 10.2. The van der Waals surface area contributed by atoms with Gasteiger partial charge in [-0.2, -0.15) is 0 Å². The molecule has 0 saturated carbocycles. The predicted molar refractivity (Wildman–Crippen MR) is 52.9 cm³/mol. The molecule has 0 amide bonds. The smallest absolute Gasteiger partial charge is 0.328 e. The number of carbonyl (C=O) groups excluding carboxylic acids is 1. The summed E-state index contributed by atoms with van der Waals surface area (Å²) in [6.07, 6.45) is 3.81. The van der Waals surface area contributed by atoms with E-state index in [4.69, 9.17) is 5.11 Å². The van der Waals surface area contributed by atoms with Crippen molar-refractivity contribution in [3.8, 4) is 0 Å². The topological polar surface area (TPSA) is 54.4 Å². The first kappa shape index (κ1) is 10.2. The lowest BCUT2D eigenvalue weighted by Gasteiger charge is -1.95. The molecule has 0 bridgehead atoms. The zero-order valence-electron chi connectivity index (χ0n) is 7.51. The SMILES string of the molecule is O=CCc1ccc(C=CC(=O)O)cc1. The Bertz CT molecular complexity index is 349. The normalized spacial score (nSPS) is 10.3. The van der Waals surface area contributed by atoms with Gasteiger partial charge in [0.1, 0.15) is 6.29 Å². The molecule has 0 aliphatic rings. The van der Waals surface area contributed by atoms with Crippen LogP contribution in [0.5, 0.6) is 0 Å². The van der Waals surface area contributed by atoms with Crippen LogP contribution in [0.1, 0.15) is 11.1 Å². The van der Waals surface area contributed by atoms with Gasteiger partial charge in [-0.05, 0) is 17.2 Å². The first-order valence-corrected chi connectivity index (χ1v) is 4.16. The molecule has 0 saturated heterocycles. The standard InChI is InChI=1S/C11H10O3/c12-8-7-10-3-1-9(2-4-10)5-6-11(13)14/h1-6,8H,7H2,(H,13,14). The van der Waals surface area contributed by atoms with Crippen molar-refractivity contribution in [3.05, 3.63) is 41.5 Å². The lowest BCUT2D eigenvalue weighted by atomic mass is 10.1. The molecule has 0 heterocycles. The van der Waals surface area contributed by atoms with Gasteiger partial charge in [-0.3, -0.25) is 0 Å². The fourth-order valence-corrected chi connectivity index (χ4v) is 1.03. The molecule has 1 N–H and O–H groups in total. The van der Waals surface area contributed by atoms with Gasteiger partial charge in [0.25, 0.3) is 0 Å². The van der Waals surface area contributed by atoms with E-state index in [1.54, 1.807) is 24.3 Å². The maximum atomic E-state index is 10.2. The quantitative estimate of drug-likeness (QED) is 0.578. The summed E-state index contributed by atoms with van der Waals surface area (Å²) in [5.74, 6) is -0.970. The summed E-state index contributed by atoms with van der Waals surface area (Å²) in [6.45, 7) is 0. The van der Waals surface area contributed by atoms with Crippen LogP contribution in [0.4, 0.5) is 0 Å². The number of carbonyl (C=O) groups is 2. The predicted octanol–water partition coefficient (Wildman–Crippen LogP) is 1.53. The molecule has 1 rings (SSSR count). The highest BCUT2D eigenvalue weighted by Gasteiger charge is 1.92. The Morgan fingerprint density at radius 3 is 2.43 bits per heavy atom. The average Bonchev–Trinajstić information content (AvgIpc) is 2.17. The first-order chi connectivity index (χ1) is 6.72. The van der Waals surface area contributed by atoms with E-state index in [1.807, 2.05) is 0 Å². The zero-order chi connectivity index (χ0) is 10.4. The van der Waals surface area contributed by atoms with Crippen molar-refractivity contribution in [2.45, 2.75) is 6.42 Å². The summed E-state index contributed by atoms with van der Waals surface area (Å²) >= 11 is 0. The summed E-state index contributed by atoms with van der Waals surface area (Å²) in [4.78, 5) is 20.4. The molecule has 0 aliphatic carbocycles. The largest absolute Gasteiger partial charge is 0.478 e. The Morgan fingerprint density at radius 1 is 1.29 bits per heavy atom. The van der Waals surface area contributed by atoms with Crippen LogP contribution in [-0.2, 0) is 16.0 Å². The van der Waals surface area contributed by atoms with Crippen molar-refractivity contribution in [2.75, 3.05) is 0 Å². The minimum Gasteiger partial charge on any atom is -0.478 e. The van der Waals surface area contributed by atoms with Gasteiger partial charge in [-0.1, -0.05) is 24.3 Å². The Kier molecular flexibility index (Phi) is 3.61. The maximum Gasteiger partial charge on any atom is 0.328 e. The van der Waals surface area contributed by atoms with Gasteiger partial charge >= 0.3 is 5.97 Å². The molecule has 14 heavy (non-hydrogen) atoms. The molecule has 0 fully saturated rings. The van der Waals surface area contributed by atoms with Gasteiger partial charge in [0.2, 0.25) is 0 Å². The Hall–Kier alpha value is -1.90. The Balaban J connectivity index is 2.73. The number of carboxylic acids is 1. The average molecular weight is 190 g/mol. The van der Waals surface area contributed by atoms with Crippen LogP contribution in [-0.4, -0.2) is 17.4 Å². The van der Waals surface area contributed by atoms with E-state index >= 15 is 0 Å². The van der Waals surface area contributed by atoms with Crippen LogP contribution in [0.25, 0.3) is 6.08 Å². The van der Waals surface area contributed by atoms with E-state index in [1.165, 1.54) is 6.08 Å². The third-order valence-electron chi connectivity index (χ3n) is 1.72.